The number of urea groups is 1. The van der Waals surface area contributed by atoms with E-state index in [4.69, 9.17) is 5.26 Å². The third-order valence-corrected chi connectivity index (χ3v) is 6.48. The maximum Gasteiger partial charge on any atom is 0.325 e. The van der Waals surface area contributed by atoms with Crippen LogP contribution < -0.4 is 5.32 Å². The van der Waals surface area contributed by atoms with Crippen molar-refractivity contribution in [2.24, 2.45) is 0 Å². The van der Waals surface area contributed by atoms with Crippen molar-refractivity contribution in [2.75, 3.05) is 0 Å². The van der Waals surface area contributed by atoms with Crippen LogP contribution in [0.15, 0.2) is 53.9 Å². The number of benzene rings is 2. The molecule has 4 rings (SSSR count). The normalized spacial score (nSPS) is 18.4. The van der Waals surface area contributed by atoms with E-state index in [1.807, 2.05) is 17.5 Å². The van der Waals surface area contributed by atoms with Crippen LogP contribution in [0.1, 0.15) is 49.1 Å². The van der Waals surface area contributed by atoms with Gasteiger partial charge in [-0.2, -0.15) is 5.26 Å². The predicted octanol–water partition coefficient (Wildman–Crippen LogP) is 4.77. The molecule has 7 heteroatoms. The van der Waals surface area contributed by atoms with Gasteiger partial charge in [0.25, 0.3) is 5.91 Å². The Morgan fingerprint density at radius 1 is 1.19 bits per heavy atom. The van der Waals surface area contributed by atoms with E-state index in [9.17, 15) is 9.59 Å². The molecule has 3 aromatic rings. The Labute approximate surface area is 185 Å². The van der Waals surface area contributed by atoms with Gasteiger partial charge in [0.1, 0.15) is 10.5 Å². The number of nitrogens with zero attached hydrogens (tertiary/aromatic N) is 3. The molecule has 6 nitrogen and oxygen atoms in total. The minimum atomic E-state index is -1.21. The van der Waals surface area contributed by atoms with E-state index in [-0.39, 0.29) is 12.5 Å². The summed E-state index contributed by atoms with van der Waals surface area (Å²) in [5.74, 6) is 0.104. The monoisotopic (exact) mass is 430 g/mol. The van der Waals surface area contributed by atoms with E-state index < -0.39 is 11.6 Å². The molecule has 2 heterocycles. The second-order valence-corrected chi connectivity index (χ2v) is 8.92. The standard InChI is InChI=1S/C24H22N4O2S/c1-15(2)17-7-9-18(10-8-17)21-26-20(14-31-21)13-28-22(29)24(3,27-23(28)30)19-6-4-5-16(11-19)12-25/h4-11,14-15H,13H2,1-3H3,(H,27,30). The Morgan fingerprint density at radius 3 is 2.61 bits per heavy atom. The van der Waals surface area contributed by atoms with Crippen LogP contribution in [0.4, 0.5) is 4.79 Å². The second-order valence-electron chi connectivity index (χ2n) is 8.06. The largest absolute Gasteiger partial charge is 0.325 e. The van der Waals surface area contributed by atoms with Crippen molar-refractivity contribution in [3.8, 4) is 16.6 Å². The van der Waals surface area contributed by atoms with Gasteiger partial charge in [0.05, 0.1) is 23.9 Å². The molecule has 0 radical (unpaired) electrons. The number of thiazole rings is 1. The molecule has 0 spiro atoms. The highest BCUT2D eigenvalue weighted by Gasteiger charge is 2.49. The van der Waals surface area contributed by atoms with Crippen LogP contribution >= 0.6 is 11.3 Å². The second kappa shape index (κ2) is 7.97. The molecule has 3 amide bonds. The van der Waals surface area contributed by atoms with Gasteiger partial charge in [-0.3, -0.25) is 9.69 Å². The van der Waals surface area contributed by atoms with E-state index in [1.54, 1.807) is 31.2 Å². The maximum absolute atomic E-state index is 13.2. The van der Waals surface area contributed by atoms with Gasteiger partial charge in [-0.05, 0) is 36.1 Å². The van der Waals surface area contributed by atoms with Crippen LogP contribution in [0, 0.1) is 11.3 Å². The molecular weight excluding hydrogens is 408 g/mol. The highest BCUT2D eigenvalue weighted by molar-refractivity contribution is 7.13. The van der Waals surface area contributed by atoms with E-state index in [0.29, 0.717) is 22.7 Å². The van der Waals surface area contributed by atoms with Crippen molar-refractivity contribution >= 4 is 23.3 Å². The van der Waals surface area contributed by atoms with Gasteiger partial charge >= 0.3 is 6.03 Å². The Bertz CT molecular complexity index is 1190. The number of imide groups is 1. The molecule has 1 N–H and O–H groups in total. The number of hydrogen-bond acceptors (Lipinski definition) is 5. The summed E-state index contributed by atoms with van der Waals surface area (Å²) in [6, 6.07) is 16.6. The third kappa shape index (κ3) is 3.82. The highest BCUT2D eigenvalue weighted by Crippen LogP contribution is 2.31. The van der Waals surface area contributed by atoms with Crippen LogP contribution in [0.2, 0.25) is 0 Å². The lowest BCUT2D eigenvalue weighted by Gasteiger charge is -2.22. The van der Waals surface area contributed by atoms with E-state index in [2.05, 4.69) is 42.4 Å². The molecule has 31 heavy (non-hydrogen) atoms. The van der Waals surface area contributed by atoms with Gasteiger partial charge in [0, 0.05) is 10.9 Å². The molecule has 156 valence electrons. The van der Waals surface area contributed by atoms with Gasteiger partial charge in [-0.1, -0.05) is 50.2 Å². The van der Waals surface area contributed by atoms with Crippen LogP contribution in [0.25, 0.3) is 10.6 Å². The fourth-order valence-electron chi connectivity index (χ4n) is 3.62. The zero-order valence-corrected chi connectivity index (χ0v) is 18.4. The van der Waals surface area contributed by atoms with Crippen molar-refractivity contribution in [3.05, 3.63) is 76.3 Å². The lowest BCUT2D eigenvalue weighted by atomic mass is 9.91. The Morgan fingerprint density at radius 2 is 1.94 bits per heavy atom. The lowest BCUT2D eigenvalue weighted by Crippen LogP contribution is -2.40. The first-order chi connectivity index (χ1) is 14.8. The zero-order chi connectivity index (χ0) is 22.2. The summed E-state index contributed by atoms with van der Waals surface area (Å²) < 4.78 is 0. The van der Waals surface area contributed by atoms with E-state index in [0.717, 1.165) is 10.6 Å². The number of hydrogen-bond donors (Lipinski definition) is 1. The zero-order valence-electron chi connectivity index (χ0n) is 17.5. The summed E-state index contributed by atoms with van der Waals surface area (Å²) in [6.45, 7) is 6.06. The van der Waals surface area contributed by atoms with Crippen molar-refractivity contribution in [3.63, 3.8) is 0 Å². The molecule has 2 aromatic carbocycles. The molecule has 1 unspecified atom stereocenters. The maximum atomic E-state index is 13.2. The number of carbonyl (C=O) groups excluding carboxylic acids is 2. The summed E-state index contributed by atoms with van der Waals surface area (Å²) in [6.07, 6.45) is 0. The van der Waals surface area contributed by atoms with E-state index >= 15 is 0 Å². The van der Waals surface area contributed by atoms with Gasteiger partial charge < -0.3 is 5.32 Å². The molecule has 1 aromatic heterocycles. The van der Waals surface area contributed by atoms with Gasteiger partial charge in [-0.25, -0.2) is 9.78 Å². The topological polar surface area (TPSA) is 86.1 Å². The summed E-state index contributed by atoms with van der Waals surface area (Å²) in [7, 11) is 0. The Hall–Kier alpha value is -3.50. The molecule has 1 saturated heterocycles. The Balaban J connectivity index is 1.54. The molecule has 0 aliphatic carbocycles. The third-order valence-electron chi connectivity index (χ3n) is 5.54. The first-order valence-corrected chi connectivity index (χ1v) is 10.9. The summed E-state index contributed by atoms with van der Waals surface area (Å²) in [5.41, 5.74) is 2.74. The SMILES string of the molecule is CC(C)c1ccc(-c2nc(CN3C(=O)NC(C)(c4cccc(C#N)c4)C3=O)cs2)cc1. The van der Waals surface area contributed by atoms with Gasteiger partial charge in [0.15, 0.2) is 0 Å². The summed E-state index contributed by atoms with van der Waals surface area (Å²) in [5, 5.41) is 14.7. The average molecular weight is 431 g/mol. The lowest BCUT2D eigenvalue weighted by molar-refractivity contribution is -0.131. The van der Waals surface area contributed by atoms with Gasteiger partial charge in [0.2, 0.25) is 0 Å². The number of nitrogens with one attached hydrogen (secondary N) is 1. The van der Waals surface area contributed by atoms with Gasteiger partial charge in [-0.15, -0.1) is 11.3 Å². The molecule has 1 atom stereocenters. The van der Waals surface area contributed by atoms with Crippen molar-refractivity contribution in [1.82, 2.24) is 15.2 Å². The van der Waals surface area contributed by atoms with Crippen LogP contribution in [0.5, 0.6) is 0 Å². The smallest absolute Gasteiger partial charge is 0.319 e. The summed E-state index contributed by atoms with van der Waals surface area (Å²) in [4.78, 5) is 31.6. The van der Waals surface area contributed by atoms with Crippen LogP contribution in [-0.2, 0) is 16.9 Å². The van der Waals surface area contributed by atoms with Crippen molar-refractivity contribution < 1.29 is 9.59 Å². The van der Waals surface area contributed by atoms with Crippen LogP contribution in [0.3, 0.4) is 0 Å². The quantitative estimate of drug-likeness (QED) is 0.591. The molecule has 0 saturated carbocycles. The number of rotatable bonds is 5. The molecule has 1 aliphatic rings. The average Bonchev–Trinajstić information content (AvgIpc) is 3.33. The molecule has 0 bridgehead atoms. The first kappa shape index (κ1) is 20.8. The number of carbonyl (C=O) groups is 2. The Kier molecular flexibility index (Phi) is 5.34. The highest BCUT2D eigenvalue weighted by atomic mass is 32.1. The number of aromatic nitrogens is 1. The fraction of sp³-hybridized carbons (Fsp3) is 0.250. The van der Waals surface area contributed by atoms with E-state index in [1.165, 1.54) is 21.8 Å². The molecule has 1 aliphatic heterocycles. The fourth-order valence-corrected chi connectivity index (χ4v) is 4.44. The van der Waals surface area contributed by atoms with Crippen molar-refractivity contribution in [2.45, 2.75) is 38.8 Å². The summed E-state index contributed by atoms with van der Waals surface area (Å²) >= 11 is 1.49. The first-order valence-electron chi connectivity index (χ1n) is 10.0. The predicted molar refractivity (Wildman–Crippen MR) is 119 cm³/mol. The minimum Gasteiger partial charge on any atom is -0.319 e. The minimum absolute atomic E-state index is 0.0960. The number of amides is 3. The van der Waals surface area contributed by atoms with Crippen molar-refractivity contribution in [1.29, 1.82) is 5.26 Å². The van der Waals surface area contributed by atoms with Crippen LogP contribution in [-0.4, -0.2) is 21.8 Å². The number of nitriles is 1. The molecule has 1 fully saturated rings. The molecular formula is C24H22N4O2S.